The molecule has 0 radical (unpaired) electrons. The summed E-state index contributed by atoms with van der Waals surface area (Å²) < 4.78 is 1.62. The molecule has 0 aromatic carbocycles. The number of aryl methyl sites for hydroxylation is 1. The van der Waals surface area contributed by atoms with Crippen LogP contribution in [0, 0.1) is 13.8 Å². The lowest BCUT2D eigenvalue weighted by atomic mass is 10.2. The number of amides is 1. The third-order valence-corrected chi connectivity index (χ3v) is 2.36. The van der Waals surface area contributed by atoms with Crippen molar-refractivity contribution in [2.75, 3.05) is 6.54 Å². The zero-order valence-corrected chi connectivity index (χ0v) is 9.37. The zero-order valence-electron chi connectivity index (χ0n) is 9.37. The second-order valence-corrected chi connectivity index (χ2v) is 3.42. The van der Waals surface area contributed by atoms with Crippen LogP contribution in [0.1, 0.15) is 23.9 Å². The average molecular weight is 211 g/mol. The Morgan fingerprint density at radius 2 is 2.20 bits per heavy atom. The molecule has 0 aliphatic rings. The molecule has 0 unspecified atom stereocenters. The lowest BCUT2D eigenvalue weighted by Gasteiger charge is -2.04. The van der Waals surface area contributed by atoms with Crippen molar-refractivity contribution in [3.63, 3.8) is 0 Å². The molecule has 1 amide bonds. The van der Waals surface area contributed by atoms with E-state index >= 15 is 0 Å². The van der Waals surface area contributed by atoms with Crippen molar-refractivity contribution in [1.82, 2.24) is 15.1 Å². The summed E-state index contributed by atoms with van der Waals surface area (Å²) in [5, 5.41) is 16.0. The van der Waals surface area contributed by atoms with E-state index < -0.39 is 0 Å². The van der Waals surface area contributed by atoms with Gasteiger partial charge in [-0.05, 0) is 20.8 Å². The van der Waals surface area contributed by atoms with E-state index in [-0.39, 0.29) is 19.1 Å². The number of aliphatic hydroxyl groups is 1. The van der Waals surface area contributed by atoms with Gasteiger partial charge < -0.3 is 10.4 Å². The van der Waals surface area contributed by atoms with Crippen LogP contribution < -0.4 is 5.32 Å². The quantitative estimate of drug-likeness (QED) is 0.743. The fourth-order valence-electron chi connectivity index (χ4n) is 1.51. The Labute approximate surface area is 89.1 Å². The van der Waals surface area contributed by atoms with Gasteiger partial charge in [0.2, 0.25) is 5.91 Å². The number of likely N-dealkylation sites (N-methyl/N-ethyl adjacent to an activating group) is 1. The maximum Gasteiger partial charge on any atom is 0.241 e. The van der Waals surface area contributed by atoms with Crippen LogP contribution in [0.3, 0.4) is 0 Å². The van der Waals surface area contributed by atoms with Gasteiger partial charge in [0.15, 0.2) is 0 Å². The van der Waals surface area contributed by atoms with Crippen molar-refractivity contribution in [1.29, 1.82) is 0 Å². The lowest BCUT2D eigenvalue weighted by molar-refractivity contribution is -0.121. The highest BCUT2D eigenvalue weighted by molar-refractivity contribution is 5.75. The summed E-state index contributed by atoms with van der Waals surface area (Å²) in [6, 6.07) is 0. The number of aromatic nitrogens is 2. The summed E-state index contributed by atoms with van der Waals surface area (Å²) in [6.45, 7) is 6.34. The first kappa shape index (κ1) is 11.7. The largest absolute Gasteiger partial charge is 0.392 e. The molecule has 5 nitrogen and oxygen atoms in total. The molecular weight excluding hydrogens is 194 g/mol. The SMILES string of the molecule is CCNC(=O)Cn1nc(C)c(CO)c1C. The van der Waals surface area contributed by atoms with Crippen LogP contribution in [0.5, 0.6) is 0 Å². The van der Waals surface area contributed by atoms with Crippen molar-refractivity contribution >= 4 is 5.91 Å². The molecule has 5 heteroatoms. The zero-order chi connectivity index (χ0) is 11.4. The van der Waals surface area contributed by atoms with E-state index in [4.69, 9.17) is 5.11 Å². The Morgan fingerprint density at radius 3 is 2.67 bits per heavy atom. The topological polar surface area (TPSA) is 67.2 Å². The lowest BCUT2D eigenvalue weighted by Crippen LogP contribution is -2.28. The van der Waals surface area contributed by atoms with Crippen molar-refractivity contribution in [3.8, 4) is 0 Å². The number of rotatable bonds is 4. The Balaban J connectivity index is 2.82. The molecule has 0 atom stereocenters. The molecule has 0 spiro atoms. The smallest absolute Gasteiger partial charge is 0.241 e. The van der Waals surface area contributed by atoms with Crippen molar-refractivity contribution in [2.24, 2.45) is 0 Å². The maximum absolute atomic E-state index is 11.3. The molecule has 15 heavy (non-hydrogen) atoms. The minimum absolute atomic E-state index is 0.0347. The molecule has 84 valence electrons. The van der Waals surface area contributed by atoms with Gasteiger partial charge in [0.1, 0.15) is 6.54 Å². The number of nitrogens with one attached hydrogen (secondary N) is 1. The molecule has 0 saturated heterocycles. The number of aliphatic hydroxyl groups excluding tert-OH is 1. The highest BCUT2D eigenvalue weighted by atomic mass is 16.3. The Morgan fingerprint density at radius 1 is 1.53 bits per heavy atom. The second-order valence-electron chi connectivity index (χ2n) is 3.42. The third-order valence-electron chi connectivity index (χ3n) is 2.36. The van der Waals surface area contributed by atoms with Crippen LogP contribution >= 0.6 is 0 Å². The van der Waals surface area contributed by atoms with E-state index in [0.29, 0.717) is 6.54 Å². The Bertz CT molecular complexity index is 358. The van der Waals surface area contributed by atoms with Gasteiger partial charge in [0.25, 0.3) is 0 Å². The summed E-state index contributed by atoms with van der Waals surface area (Å²) >= 11 is 0. The molecular formula is C10H17N3O2. The van der Waals surface area contributed by atoms with Crippen LogP contribution in [0.2, 0.25) is 0 Å². The number of nitrogens with zero attached hydrogens (tertiary/aromatic N) is 2. The summed E-state index contributed by atoms with van der Waals surface area (Å²) in [7, 11) is 0. The second kappa shape index (κ2) is 4.93. The minimum atomic E-state index is -0.0624. The van der Waals surface area contributed by atoms with Crippen molar-refractivity contribution in [2.45, 2.75) is 33.9 Å². The number of carbonyl (C=O) groups is 1. The molecule has 0 aliphatic heterocycles. The van der Waals surface area contributed by atoms with Gasteiger partial charge in [-0.15, -0.1) is 0 Å². The van der Waals surface area contributed by atoms with Crippen molar-refractivity contribution in [3.05, 3.63) is 17.0 Å². The Hall–Kier alpha value is -1.36. The van der Waals surface area contributed by atoms with E-state index in [1.165, 1.54) is 0 Å². The highest BCUT2D eigenvalue weighted by Gasteiger charge is 2.12. The van der Waals surface area contributed by atoms with Crippen LogP contribution in [-0.4, -0.2) is 27.3 Å². The van der Waals surface area contributed by atoms with E-state index in [9.17, 15) is 4.79 Å². The molecule has 1 rings (SSSR count). The monoisotopic (exact) mass is 211 g/mol. The van der Waals surface area contributed by atoms with Gasteiger partial charge in [-0.1, -0.05) is 0 Å². The van der Waals surface area contributed by atoms with Crippen LogP contribution in [0.25, 0.3) is 0 Å². The van der Waals surface area contributed by atoms with Crippen molar-refractivity contribution < 1.29 is 9.90 Å². The van der Waals surface area contributed by atoms with Gasteiger partial charge >= 0.3 is 0 Å². The van der Waals surface area contributed by atoms with Gasteiger partial charge in [-0.2, -0.15) is 5.10 Å². The number of hydrogen-bond acceptors (Lipinski definition) is 3. The number of carbonyl (C=O) groups excluding carboxylic acids is 1. The maximum atomic E-state index is 11.3. The van der Waals surface area contributed by atoms with Crippen LogP contribution in [0.4, 0.5) is 0 Å². The molecule has 0 bridgehead atoms. The summed E-state index contributed by atoms with van der Waals surface area (Å²) in [5.74, 6) is -0.0624. The predicted octanol–water partition coefficient (Wildman–Crippen LogP) is 0.128. The first-order valence-corrected chi connectivity index (χ1v) is 5.00. The summed E-state index contributed by atoms with van der Waals surface area (Å²) in [4.78, 5) is 11.3. The molecule has 2 N–H and O–H groups in total. The third kappa shape index (κ3) is 2.56. The molecule has 0 fully saturated rings. The molecule has 0 saturated carbocycles. The van der Waals surface area contributed by atoms with Gasteiger partial charge in [-0.25, -0.2) is 0 Å². The first-order valence-electron chi connectivity index (χ1n) is 5.00. The normalized spacial score (nSPS) is 10.4. The summed E-state index contributed by atoms with van der Waals surface area (Å²) in [5.41, 5.74) is 2.43. The van der Waals surface area contributed by atoms with E-state index in [1.807, 2.05) is 20.8 Å². The molecule has 0 aliphatic carbocycles. The predicted molar refractivity (Wildman–Crippen MR) is 56.3 cm³/mol. The van der Waals surface area contributed by atoms with Crippen LogP contribution in [0.15, 0.2) is 0 Å². The Kier molecular flexibility index (Phi) is 3.85. The van der Waals surface area contributed by atoms with Crippen LogP contribution in [-0.2, 0) is 17.9 Å². The average Bonchev–Trinajstić information content (AvgIpc) is 2.42. The van der Waals surface area contributed by atoms with Gasteiger partial charge in [0.05, 0.1) is 12.3 Å². The fraction of sp³-hybridized carbons (Fsp3) is 0.600. The highest BCUT2D eigenvalue weighted by Crippen LogP contribution is 2.12. The molecule has 1 heterocycles. The minimum Gasteiger partial charge on any atom is -0.392 e. The van der Waals surface area contributed by atoms with E-state index in [1.54, 1.807) is 4.68 Å². The van der Waals surface area contributed by atoms with Gasteiger partial charge in [0, 0.05) is 17.8 Å². The molecule has 1 aromatic heterocycles. The van der Waals surface area contributed by atoms with Gasteiger partial charge in [-0.3, -0.25) is 9.48 Å². The van der Waals surface area contributed by atoms with E-state index in [2.05, 4.69) is 10.4 Å². The molecule has 1 aromatic rings. The summed E-state index contributed by atoms with van der Waals surface area (Å²) in [6.07, 6.45) is 0. The first-order chi connectivity index (χ1) is 7.10. The fourth-order valence-corrected chi connectivity index (χ4v) is 1.51. The van der Waals surface area contributed by atoms with E-state index in [0.717, 1.165) is 17.0 Å². The standard InChI is InChI=1S/C10H17N3O2/c1-4-11-10(15)5-13-8(3)9(6-14)7(2)12-13/h14H,4-6H2,1-3H3,(H,11,15). The number of hydrogen-bond donors (Lipinski definition) is 2.